The Kier molecular flexibility index (Phi) is 2.80. The smallest absolute Gasteiger partial charge is 0.207 e. The van der Waals surface area contributed by atoms with Crippen molar-refractivity contribution in [1.29, 1.82) is 0 Å². The Bertz CT molecular complexity index is 280. The van der Waals surface area contributed by atoms with Gasteiger partial charge in [0, 0.05) is 0 Å². The number of nitrogens with zero attached hydrogens (tertiary/aromatic N) is 1. The van der Waals surface area contributed by atoms with E-state index in [2.05, 4.69) is 4.98 Å². The first kappa shape index (κ1) is 9.61. The summed E-state index contributed by atoms with van der Waals surface area (Å²) >= 11 is 10.5. The molecule has 0 unspecified atom stereocenters. The van der Waals surface area contributed by atoms with E-state index in [1.54, 1.807) is 0 Å². The Hall–Kier alpha value is -0.480. The molecule has 0 radical (unpaired) electrons. The Morgan fingerprint density at radius 2 is 1.92 bits per heavy atom. The van der Waals surface area contributed by atoms with Gasteiger partial charge in [0.1, 0.15) is 5.15 Å². The molecule has 1 rings (SSSR count). The van der Waals surface area contributed by atoms with Crippen LogP contribution in [-0.2, 0) is 0 Å². The minimum absolute atomic E-state index is 0.248. The predicted octanol–water partition coefficient (Wildman–Crippen LogP) is 3.47. The van der Waals surface area contributed by atoms with Crippen molar-refractivity contribution in [2.24, 2.45) is 0 Å². The van der Waals surface area contributed by atoms with E-state index in [0.29, 0.717) is 0 Å². The fourth-order valence-corrected chi connectivity index (χ4v) is 1.16. The Morgan fingerprint density at radius 1 is 1.33 bits per heavy atom. The quantitative estimate of drug-likeness (QED) is 0.655. The molecule has 0 amide bonds. The van der Waals surface area contributed by atoms with Crippen LogP contribution in [0.25, 0.3) is 0 Å². The van der Waals surface area contributed by atoms with Crippen LogP contribution in [0.2, 0.25) is 10.2 Å². The van der Waals surface area contributed by atoms with Gasteiger partial charge in [-0.2, -0.15) is 4.39 Å². The lowest BCUT2D eigenvalue weighted by Gasteiger charge is -2.03. The first-order valence-corrected chi connectivity index (χ1v) is 3.57. The van der Waals surface area contributed by atoms with Crippen LogP contribution in [0.15, 0.2) is 6.07 Å². The first-order valence-electron chi connectivity index (χ1n) is 2.82. The summed E-state index contributed by atoms with van der Waals surface area (Å²) in [5.41, 5.74) is -0.916. The normalized spacial score (nSPS) is 10.8. The second-order valence-corrected chi connectivity index (χ2v) is 2.73. The Balaban J connectivity index is 3.28. The zero-order chi connectivity index (χ0) is 9.30. The number of hydrogen-bond acceptors (Lipinski definition) is 1. The number of aromatic nitrogens is 1. The van der Waals surface area contributed by atoms with E-state index < -0.39 is 23.0 Å². The van der Waals surface area contributed by atoms with Crippen LogP contribution in [0.5, 0.6) is 0 Å². The molecular weight excluding hydrogens is 214 g/mol. The summed E-state index contributed by atoms with van der Waals surface area (Å²) in [6.45, 7) is 0. The summed E-state index contributed by atoms with van der Waals surface area (Å²) in [6, 6.07) is 0.966. The zero-order valence-electron chi connectivity index (χ0n) is 5.49. The standard InChI is InChI=1S/C6H2Cl2F3N/c7-2-1-3(8)12-6(11)4(2)5(9)10/h1,5H. The SMILES string of the molecule is Fc1nc(Cl)cc(Cl)c1C(F)F. The number of pyridine rings is 1. The highest BCUT2D eigenvalue weighted by Gasteiger charge is 2.19. The highest BCUT2D eigenvalue weighted by molar-refractivity contribution is 6.34. The van der Waals surface area contributed by atoms with Crippen LogP contribution in [0.3, 0.4) is 0 Å². The second-order valence-electron chi connectivity index (χ2n) is 1.93. The fraction of sp³-hybridized carbons (Fsp3) is 0.167. The lowest BCUT2D eigenvalue weighted by atomic mass is 10.3. The summed E-state index contributed by atoms with van der Waals surface area (Å²) in [5.74, 6) is -1.33. The average molecular weight is 216 g/mol. The van der Waals surface area contributed by atoms with E-state index in [0.717, 1.165) is 6.07 Å². The van der Waals surface area contributed by atoms with Crippen LogP contribution in [0.4, 0.5) is 13.2 Å². The van der Waals surface area contributed by atoms with Gasteiger partial charge in [-0.3, -0.25) is 0 Å². The molecule has 6 heteroatoms. The molecule has 12 heavy (non-hydrogen) atoms. The largest absolute Gasteiger partial charge is 0.269 e. The highest BCUT2D eigenvalue weighted by atomic mass is 35.5. The van der Waals surface area contributed by atoms with Crippen molar-refractivity contribution in [1.82, 2.24) is 4.98 Å². The third-order valence-corrected chi connectivity index (χ3v) is 1.65. The molecule has 0 spiro atoms. The van der Waals surface area contributed by atoms with Gasteiger partial charge in [0.25, 0.3) is 6.43 Å². The minimum Gasteiger partial charge on any atom is -0.207 e. The highest BCUT2D eigenvalue weighted by Crippen LogP contribution is 2.30. The maximum Gasteiger partial charge on any atom is 0.269 e. The van der Waals surface area contributed by atoms with E-state index in [-0.39, 0.29) is 5.15 Å². The molecule has 0 aliphatic carbocycles. The summed E-state index contributed by atoms with van der Waals surface area (Å²) in [6.07, 6.45) is -2.98. The van der Waals surface area contributed by atoms with E-state index in [1.807, 2.05) is 0 Å². The van der Waals surface area contributed by atoms with E-state index in [9.17, 15) is 13.2 Å². The van der Waals surface area contributed by atoms with Gasteiger partial charge in [0.2, 0.25) is 5.95 Å². The number of rotatable bonds is 1. The molecule has 1 heterocycles. The zero-order valence-corrected chi connectivity index (χ0v) is 7.00. The van der Waals surface area contributed by atoms with Gasteiger partial charge >= 0.3 is 0 Å². The lowest BCUT2D eigenvalue weighted by molar-refractivity contribution is 0.145. The van der Waals surface area contributed by atoms with Gasteiger partial charge in [-0.25, -0.2) is 13.8 Å². The molecule has 0 fully saturated rings. The Labute approximate surface area is 76.1 Å². The van der Waals surface area contributed by atoms with Crippen molar-refractivity contribution in [2.45, 2.75) is 6.43 Å². The number of halogens is 5. The molecule has 0 aliphatic rings. The monoisotopic (exact) mass is 215 g/mol. The maximum atomic E-state index is 12.6. The molecule has 0 bridgehead atoms. The first-order chi connectivity index (χ1) is 5.52. The summed E-state index contributed by atoms with van der Waals surface area (Å²) in [7, 11) is 0. The lowest BCUT2D eigenvalue weighted by Crippen LogP contribution is -1.95. The van der Waals surface area contributed by atoms with Crippen molar-refractivity contribution < 1.29 is 13.2 Å². The summed E-state index contributed by atoms with van der Waals surface area (Å²) in [5, 5.41) is -0.663. The van der Waals surface area contributed by atoms with Gasteiger partial charge in [0.05, 0.1) is 10.6 Å². The molecule has 1 nitrogen and oxygen atoms in total. The van der Waals surface area contributed by atoms with Crippen molar-refractivity contribution in [3.8, 4) is 0 Å². The second kappa shape index (κ2) is 3.49. The van der Waals surface area contributed by atoms with Crippen molar-refractivity contribution in [3.05, 3.63) is 27.8 Å². The molecule has 0 saturated carbocycles. The topological polar surface area (TPSA) is 12.9 Å². The van der Waals surface area contributed by atoms with Crippen molar-refractivity contribution in [3.63, 3.8) is 0 Å². The van der Waals surface area contributed by atoms with Gasteiger partial charge in [0.15, 0.2) is 0 Å². The van der Waals surface area contributed by atoms with Crippen molar-refractivity contribution in [2.75, 3.05) is 0 Å². The Morgan fingerprint density at radius 3 is 2.33 bits per heavy atom. The molecular formula is C6H2Cl2F3N. The third-order valence-electron chi connectivity index (χ3n) is 1.15. The molecule has 0 aromatic carbocycles. The molecule has 0 aliphatic heterocycles. The van der Waals surface area contributed by atoms with Crippen molar-refractivity contribution >= 4 is 23.2 Å². The van der Waals surface area contributed by atoms with Gasteiger partial charge in [-0.05, 0) is 6.07 Å². The molecule has 66 valence electrons. The molecule has 1 aromatic rings. The van der Waals surface area contributed by atoms with Crippen LogP contribution in [0.1, 0.15) is 12.0 Å². The fourth-order valence-electron chi connectivity index (χ4n) is 0.661. The molecule has 0 atom stereocenters. The molecule has 1 aromatic heterocycles. The molecule has 0 N–H and O–H groups in total. The number of hydrogen-bond donors (Lipinski definition) is 0. The van der Waals surface area contributed by atoms with Crippen LogP contribution < -0.4 is 0 Å². The van der Waals surface area contributed by atoms with Crippen LogP contribution >= 0.6 is 23.2 Å². The maximum absolute atomic E-state index is 12.6. The third kappa shape index (κ3) is 1.81. The predicted molar refractivity (Wildman–Crippen MR) is 39.2 cm³/mol. The minimum atomic E-state index is -2.98. The van der Waals surface area contributed by atoms with E-state index in [4.69, 9.17) is 23.2 Å². The number of alkyl halides is 2. The summed E-state index contributed by atoms with van der Waals surface area (Å²) in [4.78, 5) is 2.99. The summed E-state index contributed by atoms with van der Waals surface area (Å²) < 4.78 is 36.6. The van der Waals surface area contributed by atoms with E-state index in [1.165, 1.54) is 0 Å². The molecule has 0 saturated heterocycles. The van der Waals surface area contributed by atoms with Crippen LogP contribution in [0, 0.1) is 5.95 Å². The van der Waals surface area contributed by atoms with Gasteiger partial charge < -0.3 is 0 Å². The average Bonchev–Trinajstić information content (AvgIpc) is 1.82. The van der Waals surface area contributed by atoms with Gasteiger partial charge in [-0.15, -0.1) is 0 Å². The van der Waals surface area contributed by atoms with Gasteiger partial charge in [-0.1, -0.05) is 23.2 Å². The van der Waals surface area contributed by atoms with Crippen LogP contribution in [-0.4, -0.2) is 4.98 Å². The van der Waals surface area contributed by atoms with E-state index >= 15 is 0 Å².